The predicted molar refractivity (Wildman–Crippen MR) is 105 cm³/mol. The molecule has 0 unspecified atom stereocenters. The minimum atomic E-state index is 0.652. The fourth-order valence-corrected chi connectivity index (χ4v) is 3.30. The van der Waals surface area contributed by atoms with Gasteiger partial charge in [0.2, 0.25) is 0 Å². The number of hydrogen-bond acceptors (Lipinski definition) is 4. The first-order valence-corrected chi connectivity index (χ1v) is 9.48. The molecule has 0 amide bonds. The fourth-order valence-electron chi connectivity index (χ4n) is 3.17. The summed E-state index contributed by atoms with van der Waals surface area (Å²) < 4.78 is 5.74. The van der Waals surface area contributed by atoms with Gasteiger partial charge in [-0.05, 0) is 36.2 Å². The average molecular weight is 373 g/mol. The molecule has 138 valence electrons. The van der Waals surface area contributed by atoms with E-state index in [0.717, 1.165) is 62.7 Å². The zero-order valence-electron chi connectivity index (χ0n) is 14.9. The third-order valence-electron chi connectivity index (χ3n) is 4.67. The van der Waals surface area contributed by atoms with E-state index < -0.39 is 0 Å². The van der Waals surface area contributed by atoms with E-state index in [9.17, 15) is 4.79 Å². The van der Waals surface area contributed by atoms with Crippen molar-refractivity contribution in [2.75, 3.05) is 39.3 Å². The molecule has 1 aliphatic heterocycles. The lowest BCUT2D eigenvalue weighted by Gasteiger charge is -2.34. The van der Waals surface area contributed by atoms with Crippen molar-refractivity contribution in [2.45, 2.75) is 13.0 Å². The summed E-state index contributed by atoms with van der Waals surface area (Å²) in [5.41, 5.74) is 1.97. The number of aldehydes is 1. The lowest BCUT2D eigenvalue weighted by atomic mass is 10.2. The number of carbonyl (C=O) groups excluding carboxylic acids is 1. The Morgan fingerprint density at radius 1 is 1.00 bits per heavy atom. The maximum absolute atomic E-state index is 10.8. The molecule has 0 aromatic heterocycles. The molecule has 2 aromatic rings. The van der Waals surface area contributed by atoms with E-state index in [2.05, 4.69) is 21.9 Å². The van der Waals surface area contributed by atoms with E-state index in [1.807, 2.05) is 24.3 Å². The highest BCUT2D eigenvalue weighted by molar-refractivity contribution is 6.30. The first-order chi connectivity index (χ1) is 12.7. The quantitative estimate of drug-likeness (QED) is 0.522. The van der Waals surface area contributed by atoms with Gasteiger partial charge in [-0.25, -0.2) is 0 Å². The summed E-state index contributed by atoms with van der Waals surface area (Å²) >= 11 is 5.94. The predicted octanol–water partition coefficient (Wildman–Crippen LogP) is 3.74. The van der Waals surface area contributed by atoms with Gasteiger partial charge in [0.25, 0.3) is 0 Å². The van der Waals surface area contributed by atoms with Crippen molar-refractivity contribution < 1.29 is 9.53 Å². The minimum absolute atomic E-state index is 0.652. The Hall–Kier alpha value is -1.88. The summed E-state index contributed by atoms with van der Waals surface area (Å²) in [6, 6.07) is 15.4. The van der Waals surface area contributed by atoms with Gasteiger partial charge in [-0.2, -0.15) is 0 Å². The highest BCUT2D eigenvalue weighted by atomic mass is 35.5. The van der Waals surface area contributed by atoms with Gasteiger partial charge < -0.3 is 9.64 Å². The van der Waals surface area contributed by atoms with Crippen molar-refractivity contribution in [3.05, 3.63) is 64.7 Å². The second-order valence-corrected chi connectivity index (χ2v) is 7.07. The Labute approximate surface area is 160 Å². The molecular weight excluding hydrogens is 348 g/mol. The van der Waals surface area contributed by atoms with Crippen LogP contribution < -0.4 is 4.74 Å². The van der Waals surface area contributed by atoms with E-state index in [1.165, 1.54) is 5.56 Å². The van der Waals surface area contributed by atoms with Crippen LogP contribution in [0.15, 0.2) is 48.5 Å². The van der Waals surface area contributed by atoms with Crippen LogP contribution in [-0.4, -0.2) is 55.4 Å². The molecule has 0 bridgehead atoms. The summed E-state index contributed by atoms with van der Waals surface area (Å²) in [5, 5.41) is 0.790. The van der Waals surface area contributed by atoms with Crippen LogP contribution in [0.25, 0.3) is 0 Å². The highest BCUT2D eigenvalue weighted by Crippen LogP contribution is 2.14. The van der Waals surface area contributed by atoms with Gasteiger partial charge in [-0.1, -0.05) is 35.9 Å². The highest BCUT2D eigenvalue weighted by Gasteiger charge is 2.16. The SMILES string of the molecule is O=Cc1cccc(OCCCN2CCN(Cc3ccc(Cl)cc3)CC2)c1. The summed E-state index contributed by atoms with van der Waals surface area (Å²) in [4.78, 5) is 15.8. The maximum atomic E-state index is 10.8. The summed E-state index contributed by atoms with van der Waals surface area (Å²) in [6.07, 6.45) is 1.83. The van der Waals surface area contributed by atoms with E-state index >= 15 is 0 Å². The third kappa shape index (κ3) is 5.84. The zero-order chi connectivity index (χ0) is 18.2. The smallest absolute Gasteiger partial charge is 0.150 e. The van der Waals surface area contributed by atoms with Crippen molar-refractivity contribution in [2.24, 2.45) is 0 Å². The molecule has 2 aromatic carbocycles. The van der Waals surface area contributed by atoms with Crippen LogP contribution in [0, 0.1) is 0 Å². The number of hydrogen-bond donors (Lipinski definition) is 0. The van der Waals surface area contributed by atoms with Gasteiger partial charge in [0.15, 0.2) is 0 Å². The Balaban J connectivity index is 1.32. The van der Waals surface area contributed by atoms with Crippen LogP contribution in [0.5, 0.6) is 5.75 Å². The topological polar surface area (TPSA) is 32.8 Å². The van der Waals surface area contributed by atoms with Gasteiger partial charge in [-0.3, -0.25) is 9.69 Å². The van der Waals surface area contributed by atoms with Crippen molar-refractivity contribution in [1.82, 2.24) is 9.80 Å². The van der Waals surface area contributed by atoms with E-state index in [4.69, 9.17) is 16.3 Å². The molecule has 4 nitrogen and oxygen atoms in total. The molecule has 5 heteroatoms. The van der Waals surface area contributed by atoms with Crippen molar-refractivity contribution >= 4 is 17.9 Å². The largest absolute Gasteiger partial charge is 0.494 e. The van der Waals surface area contributed by atoms with Gasteiger partial charge in [-0.15, -0.1) is 0 Å². The lowest BCUT2D eigenvalue weighted by Crippen LogP contribution is -2.46. The monoisotopic (exact) mass is 372 g/mol. The second-order valence-electron chi connectivity index (χ2n) is 6.64. The molecule has 0 spiro atoms. The number of halogens is 1. The normalized spacial score (nSPS) is 15.7. The van der Waals surface area contributed by atoms with E-state index in [1.54, 1.807) is 12.1 Å². The van der Waals surface area contributed by atoms with Crippen LogP contribution >= 0.6 is 11.6 Å². The maximum Gasteiger partial charge on any atom is 0.150 e. The second kappa shape index (κ2) is 9.72. The molecule has 0 saturated carbocycles. The number of piperazine rings is 1. The Morgan fingerprint density at radius 3 is 2.46 bits per heavy atom. The van der Waals surface area contributed by atoms with Crippen LogP contribution in [0.4, 0.5) is 0 Å². The first-order valence-electron chi connectivity index (χ1n) is 9.10. The molecular formula is C21H25ClN2O2. The van der Waals surface area contributed by atoms with Crippen molar-refractivity contribution in [3.63, 3.8) is 0 Å². The van der Waals surface area contributed by atoms with Crippen LogP contribution in [0.3, 0.4) is 0 Å². The van der Waals surface area contributed by atoms with Gasteiger partial charge in [0, 0.05) is 49.9 Å². The average Bonchev–Trinajstić information content (AvgIpc) is 2.68. The van der Waals surface area contributed by atoms with Crippen LogP contribution in [0.1, 0.15) is 22.3 Å². The summed E-state index contributed by atoms with van der Waals surface area (Å²) in [5.74, 6) is 0.766. The molecule has 1 heterocycles. The van der Waals surface area contributed by atoms with E-state index in [-0.39, 0.29) is 0 Å². The van der Waals surface area contributed by atoms with E-state index in [0.29, 0.717) is 12.2 Å². The Bertz CT molecular complexity index is 697. The molecule has 26 heavy (non-hydrogen) atoms. The lowest BCUT2D eigenvalue weighted by molar-refractivity contribution is 0.112. The van der Waals surface area contributed by atoms with Gasteiger partial charge in [0.1, 0.15) is 12.0 Å². The number of rotatable bonds is 8. The summed E-state index contributed by atoms with van der Waals surface area (Å²) in [7, 11) is 0. The van der Waals surface area contributed by atoms with Gasteiger partial charge in [0.05, 0.1) is 6.61 Å². The van der Waals surface area contributed by atoms with Crippen LogP contribution in [0.2, 0.25) is 5.02 Å². The molecule has 0 atom stereocenters. The molecule has 1 fully saturated rings. The minimum Gasteiger partial charge on any atom is -0.494 e. The summed E-state index contributed by atoms with van der Waals surface area (Å²) in [6.45, 7) is 7.06. The van der Waals surface area contributed by atoms with Gasteiger partial charge >= 0.3 is 0 Å². The molecule has 1 aliphatic rings. The number of nitrogens with zero attached hydrogens (tertiary/aromatic N) is 2. The van der Waals surface area contributed by atoms with Crippen molar-refractivity contribution in [3.8, 4) is 5.75 Å². The first kappa shape index (κ1) is 18.9. The molecule has 0 N–H and O–H groups in total. The zero-order valence-corrected chi connectivity index (χ0v) is 15.7. The molecule has 3 rings (SSSR count). The standard InChI is InChI=1S/C21H25ClN2O2/c22-20-7-5-18(6-8-20)16-24-12-10-23(11-13-24)9-2-14-26-21-4-1-3-19(15-21)17-25/h1,3-8,15,17H,2,9-14,16H2. The molecule has 1 saturated heterocycles. The fraction of sp³-hybridized carbons (Fsp3) is 0.381. The number of ether oxygens (including phenoxy) is 1. The molecule has 0 radical (unpaired) electrons. The third-order valence-corrected chi connectivity index (χ3v) is 4.92. The van der Waals surface area contributed by atoms with Crippen molar-refractivity contribution in [1.29, 1.82) is 0 Å². The van der Waals surface area contributed by atoms with Crippen LogP contribution in [-0.2, 0) is 6.54 Å². The Morgan fingerprint density at radius 2 is 1.73 bits per heavy atom. The molecule has 0 aliphatic carbocycles. The Kier molecular flexibility index (Phi) is 7.06. The number of benzene rings is 2. The number of carbonyl (C=O) groups is 1.